The van der Waals surface area contributed by atoms with Crippen LogP contribution in [0.1, 0.15) is 12.5 Å². The van der Waals surface area contributed by atoms with Gasteiger partial charge < -0.3 is 9.15 Å². The number of benzene rings is 1. The largest absolute Gasteiger partial charge is 0.497 e. The van der Waals surface area contributed by atoms with E-state index in [1.165, 1.54) is 11.8 Å². The van der Waals surface area contributed by atoms with Gasteiger partial charge in [0.1, 0.15) is 11.5 Å². The predicted octanol–water partition coefficient (Wildman–Crippen LogP) is 3.47. The van der Waals surface area contributed by atoms with Gasteiger partial charge in [-0.1, -0.05) is 23.9 Å². The first-order valence-corrected chi connectivity index (χ1v) is 8.94. The average molecular weight is 357 g/mol. The molecule has 0 N–H and O–H groups in total. The van der Waals surface area contributed by atoms with E-state index in [0.29, 0.717) is 30.3 Å². The Morgan fingerprint density at radius 1 is 1.24 bits per heavy atom. The van der Waals surface area contributed by atoms with E-state index in [2.05, 4.69) is 10.2 Å². The summed E-state index contributed by atoms with van der Waals surface area (Å²) in [6.07, 6.45) is 2.00. The molecule has 6 nitrogen and oxygen atoms in total. The Kier molecular flexibility index (Phi) is 5.55. The molecule has 2 heterocycles. The van der Waals surface area contributed by atoms with Crippen LogP contribution in [-0.2, 0) is 17.8 Å². The molecule has 0 saturated heterocycles. The molecule has 0 fully saturated rings. The molecule has 130 valence electrons. The van der Waals surface area contributed by atoms with Gasteiger partial charge in [0.05, 0.1) is 19.1 Å². The molecule has 7 heteroatoms. The summed E-state index contributed by atoms with van der Waals surface area (Å²) >= 11 is 1.40. The number of ketones is 1. The van der Waals surface area contributed by atoms with E-state index in [9.17, 15) is 4.79 Å². The summed E-state index contributed by atoms with van der Waals surface area (Å²) in [4.78, 5) is 12.2. The van der Waals surface area contributed by atoms with Gasteiger partial charge in [0.2, 0.25) is 0 Å². The number of ether oxygens (including phenoxy) is 1. The van der Waals surface area contributed by atoms with E-state index in [1.807, 2.05) is 47.9 Å². The third-order valence-corrected chi connectivity index (χ3v) is 4.72. The molecule has 0 atom stereocenters. The van der Waals surface area contributed by atoms with Gasteiger partial charge in [-0.15, -0.1) is 10.2 Å². The Labute approximate surface area is 150 Å². The summed E-state index contributed by atoms with van der Waals surface area (Å²) in [5.41, 5.74) is 0.972. The highest BCUT2D eigenvalue weighted by Crippen LogP contribution is 2.24. The first-order chi connectivity index (χ1) is 12.2. The average Bonchev–Trinajstić information content (AvgIpc) is 3.29. The number of methoxy groups -OCH3 is 1. The third kappa shape index (κ3) is 4.11. The fourth-order valence-electron chi connectivity index (χ4n) is 2.44. The maximum Gasteiger partial charge on any atom is 0.200 e. The minimum Gasteiger partial charge on any atom is -0.497 e. The molecule has 3 rings (SSSR count). The molecule has 1 aromatic carbocycles. The maximum atomic E-state index is 12.2. The van der Waals surface area contributed by atoms with Gasteiger partial charge in [-0.05, 0) is 36.8 Å². The van der Waals surface area contributed by atoms with Crippen molar-refractivity contribution in [3.63, 3.8) is 0 Å². The van der Waals surface area contributed by atoms with Crippen molar-refractivity contribution in [2.75, 3.05) is 12.9 Å². The fraction of sp³-hybridized carbons (Fsp3) is 0.278. The lowest BCUT2D eigenvalue weighted by Gasteiger charge is -2.06. The zero-order chi connectivity index (χ0) is 17.6. The van der Waals surface area contributed by atoms with Crippen molar-refractivity contribution in [1.29, 1.82) is 0 Å². The first-order valence-electron chi connectivity index (χ1n) is 7.95. The summed E-state index contributed by atoms with van der Waals surface area (Å²) in [6, 6.07) is 11.2. The molecule has 0 unspecified atom stereocenters. The SMILES string of the molecule is CCn1c(SCC(=O)Cc2ccc(OC)cc2)nnc1-c1ccco1. The standard InChI is InChI=1S/C18H19N3O3S/c1-3-21-17(16-5-4-10-24-16)19-20-18(21)25-12-14(22)11-13-6-8-15(23-2)9-7-13/h4-10H,3,11-12H2,1-2H3. The number of nitrogens with zero attached hydrogens (tertiary/aromatic N) is 3. The number of aromatic nitrogens is 3. The summed E-state index contributed by atoms with van der Waals surface area (Å²) in [5.74, 6) is 2.62. The number of carbonyl (C=O) groups excluding carboxylic acids is 1. The second-order valence-electron chi connectivity index (χ2n) is 5.38. The highest BCUT2D eigenvalue weighted by Gasteiger charge is 2.16. The third-order valence-electron chi connectivity index (χ3n) is 3.70. The van der Waals surface area contributed by atoms with Crippen molar-refractivity contribution < 1.29 is 13.9 Å². The van der Waals surface area contributed by atoms with Crippen LogP contribution in [0.3, 0.4) is 0 Å². The lowest BCUT2D eigenvalue weighted by Crippen LogP contribution is -2.07. The number of Topliss-reactive ketones (excluding diaryl/α,β-unsaturated/α-hetero) is 1. The Hall–Kier alpha value is -2.54. The van der Waals surface area contributed by atoms with Crippen LogP contribution in [0.25, 0.3) is 11.6 Å². The molecule has 0 aliphatic heterocycles. The molecule has 0 bridgehead atoms. The number of thioether (sulfide) groups is 1. The number of rotatable bonds is 8. The van der Waals surface area contributed by atoms with Gasteiger partial charge in [0.15, 0.2) is 16.7 Å². The molecule has 2 aromatic heterocycles. The van der Waals surface area contributed by atoms with Crippen molar-refractivity contribution in [1.82, 2.24) is 14.8 Å². The second kappa shape index (κ2) is 8.02. The Morgan fingerprint density at radius 3 is 2.68 bits per heavy atom. The molecule has 0 amide bonds. The van der Waals surface area contributed by atoms with E-state index < -0.39 is 0 Å². The van der Waals surface area contributed by atoms with Gasteiger partial charge in [0, 0.05) is 13.0 Å². The molecule has 0 radical (unpaired) electrons. The van der Waals surface area contributed by atoms with Crippen LogP contribution in [0.4, 0.5) is 0 Å². The number of hydrogen-bond acceptors (Lipinski definition) is 6. The fourth-order valence-corrected chi connectivity index (χ4v) is 3.30. The molecular weight excluding hydrogens is 338 g/mol. The van der Waals surface area contributed by atoms with Crippen LogP contribution in [0.15, 0.2) is 52.2 Å². The lowest BCUT2D eigenvalue weighted by molar-refractivity contribution is -0.116. The van der Waals surface area contributed by atoms with Gasteiger partial charge in [-0.25, -0.2) is 0 Å². The molecule has 0 aliphatic rings. The quantitative estimate of drug-likeness (QED) is 0.575. The number of hydrogen-bond donors (Lipinski definition) is 0. The second-order valence-corrected chi connectivity index (χ2v) is 6.32. The molecule has 25 heavy (non-hydrogen) atoms. The van der Waals surface area contributed by atoms with E-state index in [-0.39, 0.29) is 5.78 Å². The minimum atomic E-state index is 0.139. The molecule has 3 aromatic rings. The van der Waals surface area contributed by atoms with Gasteiger partial charge >= 0.3 is 0 Å². The van der Waals surface area contributed by atoms with Crippen LogP contribution in [0.2, 0.25) is 0 Å². The molecule has 0 aliphatic carbocycles. The van der Waals surface area contributed by atoms with Crippen molar-refractivity contribution in [3.8, 4) is 17.3 Å². The molecule has 0 saturated carbocycles. The Balaban J connectivity index is 1.62. The highest BCUT2D eigenvalue weighted by molar-refractivity contribution is 7.99. The highest BCUT2D eigenvalue weighted by atomic mass is 32.2. The summed E-state index contributed by atoms with van der Waals surface area (Å²) in [7, 11) is 1.62. The van der Waals surface area contributed by atoms with Gasteiger partial charge in [-0.3, -0.25) is 9.36 Å². The first kappa shape index (κ1) is 17.3. The van der Waals surface area contributed by atoms with Crippen LogP contribution < -0.4 is 4.74 Å². The van der Waals surface area contributed by atoms with Crippen molar-refractivity contribution in [2.24, 2.45) is 0 Å². The molecular formula is C18H19N3O3S. The Morgan fingerprint density at radius 2 is 2.04 bits per heavy atom. The van der Waals surface area contributed by atoms with E-state index >= 15 is 0 Å². The van der Waals surface area contributed by atoms with Crippen LogP contribution >= 0.6 is 11.8 Å². The summed E-state index contributed by atoms with van der Waals surface area (Å²) in [6.45, 7) is 2.72. The van der Waals surface area contributed by atoms with Crippen molar-refractivity contribution in [2.45, 2.75) is 25.0 Å². The van der Waals surface area contributed by atoms with Crippen molar-refractivity contribution in [3.05, 3.63) is 48.2 Å². The van der Waals surface area contributed by atoms with Crippen LogP contribution in [0, 0.1) is 0 Å². The topological polar surface area (TPSA) is 70.2 Å². The van der Waals surface area contributed by atoms with Gasteiger partial charge in [0.25, 0.3) is 0 Å². The normalized spacial score (nSPS) is 10.8. The minimum absolute atomic E-state index is 0.139. The zero-order valence-corrected chi connectivity index (χ0v) is 15.0. The predicted molar refractivity (Wildman–Crippen MR) is 95.8 cm³/mol. The van der Waals surface area contributed by atoms with E-state index in [1.54, 1.807) is 13.4 Å². The van der Waals surface area contributed by atoms with Crippen LogP contribution in [0.5, 0.6) is 5.75 Å². The number of furan rings is 1. The lowest BCUT2D eigenvalue weighted by atomic mass is 10.1. The summed E-state index contributed by atoms with van der Waals surface area (Å²) in [5, 5.41) is 9.09. The van der Waals surface area contributed by atoms with Gasteiger partial charge in [-0.2, -0.15) is 0 Å². The smallest absolute Gasteiger partial charge is 0.200 e. The maximum absolute atomic E-state index is 12.2. The summed E-state index contributed by atoms with van der Waals surface area (Å²) < 4.78 is 12.5. The van der Waals surface area contributed by atoms with Crippen LogP contribution in [-0.4, -0.2) is 33.4 Å². The van der Waals surface area contributed by atoms with E-state index in [4.69, 9.17) is 9.15 Å². The van der Waals surface area contributed by atoms with E-state index in [0.717, 1.165) is 16.5 Å². The Bertz CT molecular complexity index is 826. The number of carbonyl (C=O) groups is 1. The molecule has 0 spiro atoms. The zero-order valence-electron chi connectivity index (χ0n) is 14.1. The monoisotopic (exact) mass is 357 g/mol. The van der Waals surface area contributed by atoms with Crippen molar-refractivity contribution >= 4 is 17.5 Å².